The Bertz CT molecular complexity index is 313. The van der Waals surface area contributed by atoms with Crippen molar-refractivity contribution in [3.8, 4) is 0 Å². The van der Waals surface area contributed by atoms with Crippen molar-refractivity contribution in [1.29, 1.82) is 0 Å². The molecule has 0 spiro atoms. The Hall–Kier alpha value is -1.19. The number of allylic oxidation sites excluding steroid dienone is 2. The first-order valence-corrected chi connectivity index (χ1v) is 8.95. The van der Waals surface area contributed by atoms with Gasteiger partial charge < -0.3 is 5.11 Å². The lowest BCUT2D eigenvalue weighted by atomic mass is 10.1. The van der Waals surface area contributed by atoms with Gasteiger partial charge in [-0.3, -0.25) is 4.79 Å². The van der Waals surface area contributed by atoms with Gasteiger partial charge in [0.05, 0.1) is 5.70 Å². The van der Waals surface area contributed by atoms with Crippen LogP contribution in [0.15, 0.2) is 16.9 Å². The molecule has 0 aromatic rings. The number of hydrogen-bond donors (Lipinski definition) is 1. The predicted octanol–water partition coefficient (Wildman–Crippen LogP) is 6.20. The SMILES string of the molecule is CCCCCCCC/C(=C\CCCCCCCC(=O)O)N=O. The van der Waals surface area contributed by atoms with Crippen molar-refractivity contribution in [2.45, 2.75) is 96.8 Å². The van der Waals surface area contributed by atoms with Gasteiger partial charge in [-0.05, 0) is 37.3 Å². The molecule has 0 amide bonds. The third-order valence-corrected chi connectivity index (χ3v) is 3.88. The Morgan fingerprint density at radius 3 is 2.00 bits per heavy atom. The molecule has 4 heteroatoms. The predicted molar refractivity (Wildman–Crippen MR) is 91.8 cm³/mol. The van der Waals surface area contributed by atoms with Gasteiger partial charge in [-0.1, -0.05) is 64.4 Å². The van der Waals surface area contributed by atoms with E-state index >= 15 is 0 Å². The monoisotopic (exact) mass is 311 g/mol. The van der Waals surface area contributed by atoms with Crippen molar-refractivity contribution in [1.82, 2.24) is 0 Å². The maximum Gasteiger partial charge on any atom is 0.303 e. The summed E-state index contributed by atoms with van der Waals surface area (Å²) in [6, 6.07) is 0. The van der Waals surface area contributed by atoms with Gasteiger partial charge in [-0.2, -0.15) is 0 Å². The van der Waals surface area contributed by atoms with E-state index in [4.69, 9.17) is 5.11 Å². The molecule has 0 heterocycles. The number of aliphatic carboxylic acids is 1. The summed E-state index contributed by atoms with van der Waals surface area (Å²) in [5.74, 6) is -0.709. The zero-order valence-corrected chi connectivity index (χ0v) is 14.2. The molecule has 0 unspecified atom stereocenters. The maximum absolute atomic E-state index is 10.8. The number of carboxylic acids is 1. The summed E-state index contributed by atoms with van der Waals surface area (Å²) in [4.78, 5) is 21.1. The number of hydrogen-bond acceptors (Lipinski definition) is 3. The molecule has 0 aliphatic rings. The molecular weight excluding hydrogens is 278 g/mol. The van der Waals surface area contributed by atoms with Crippen LogP contribution in [0.3, 0.4) is 0 Å². The Kier molecular flexibility index (Phi) is 15.3. The van der Waals surface area contributed by atoms with Crippen LogP contribution < -0.4 is 0 Å². The second-order valence-corrected chi connectivity index (χ2v) is 6.00. The standard InChI is InChI=1S/C18H33NO3/c1-2-3-4-5-8-11-14-17(19-22)15-12-9-6-7-10-13-16-18(20)21/h15H,2-14,16H2,1H3,(H,20,21)/b17-15+. The molecule has 0 aliphatic heterocycles. The lowest BCUT2D eigenvalue weighted by Crippen LogP contribution is -1.93. The van der Waals surface area contributed by atoms with Crippen LogP contribution in [0.4, 0.5) is 0 Å². The molecule has 0 bridgehead atoms. The first-order chi connectivity index (χ1) is 10.7. The second kappa shape index (κ2) is 16.2. The highest BCUT2D eigenvalue weighted by molar-refractivity contribution is 5.66. The Balaban J connectivity index is 3.50. The smallest absolute Gasteiger partial charge is 0.303 e. The zero-order chi connectivity index (χ0) is 16.5. The van der Waals surface area contributed by atoms with Crippen molar-refractivity contribution >= 4 is 5.97 Å². The first kappa shape index (κ1) is 20.8. The molecule has 4 nitrogen and oxygen atoms in total. The Labute approximate surface area is 135 Å². The van der Waals surface area contributed by atoms with E-state index in [9.17, 15) is 9.70 Å². The number of carbonyl (C=O) groups is 1. The fraction of sp³-hybridized carbons (Fsp3) is 0.833. The van der Waals surface area contributed by atoms with Crippen molar-refractivity contribution in [3.63, 3.8) is 0 Å². The molecule has 0 atom stereocenters. The summed E-state index contributed by atoms with van der Waals surface area (Å²) in [6.45, 7) is 2.21. The number of nitroso groups, excluding NO2 is 1. The first-order valence-electron chi connectivity index (χ1n) is 8.95. The van der Waals surface area contributed by atoms with Crippen LogP contribution in [-0.2, 0) is 4.79 Å². The summed E-state index contributed by atoms with van der Waals surface area (Å²) in [7, 11) is 0. The average molecular weight is 311 g/mol. The molecule has 0 aromatic heterocycles. The van der Waals surface area contributed by atoms with Crippen LogP contribution in [0.5, 0.6) is 0 Å². The van der Waals surface area contributed by atoms with Crippen LogP contribution in [0.25, 0.3) is 0 Å². The normalized spacial score (nSPS) is 11.6. The highest BCUT2D eigenvalue weighted by Gasteiger charge is 1.99. The Morgan fingerprint density at radius 1 is 0.864 bits per heavy atom. The third kappa shape index (κ3) is 15.2. The Morgan fingerprint density at radius 2 is 1.41 bits per heavy atom. The van der Waals surface area contributed by atoms with E-state index in [0.29, 0.717) is 5.70 Å². The summed E-state index contributed by atoms with van der Waals surface area (Å²) in [5.41, 5.74) is 0.710. The van der Waals surface area contributed by atoms with E-state index in [2.05, 4.69) is 12.1 Å². The van der Waals surface area contributed by atoms with Gasteiger partial charge in [-0.25, -0.2) is 0 Å². The topological polar surface area (TPSA) is 66.7 Å². The number of unbranched alkanes of at least 4 members (excludes halogenated alkanes) is 10. The zero-order valence-electron chi connectivity index (χ0n) is 14.2. The highest BCUT2D eigenvalue weighted by atomic mass is 16.4. The second-order valence-electron chi connectivity index (χ2n) is 6.00. The largest absolute Gasteiger partial charge is 0.481 e. The summed E-state index contributed by atoms with van der Waals surface area (Å²) < 4.78 is 0. The van der Waals surface area contributed by atoms with Crippen LogP contribution >= 0.6 is 0 Å². The fourth-order valence-electron chi connectivity index (χ4n) is 2.49. The van der Waals surface area contributed by atoms with E-state index in [-0.39, 0.29) is 6.42 Å². The minimum atomic E-state index is -0.709. The van der Waals surface area contributed by atoms with Gasteiger partial charge in [-0.15, -0.1) is 4.91 Å². The summed E-state index contributed by atoms with van der Waals surface area (Å²) >= 11 is 0. The van der Waals surface area contributed by atoms with E-state index in [1.54, 1.807) is 0 Å². The van der Waals surface area contributed by atoms with Crippen LogP contribution in [0.1, 0.15) is 96.8 Å². The molecule has 0 radical (unpaired) electrons. The molecule has 0 saturated carbocycles. The number of nitrogens with zero attached hydrogens (tertiary/aromatic N) is 1. The summed E-state index contributed by atoms with van der Waals surface area (Å²) in [6.07, 6.45) is 16.3. The quantitative estimate of drug-likeness (QED) is 0.272. The molecule has 1 N–H and O–H groups in total. The highest BCUT2D eigenvalue weighted by Crippen LogP contribution is 2.15. The molecule has 22 heavy (non-hydrogen) atoms. The molecule has 0 saturated heterocycles. The van der Waals surface area contributed by atoms with E-state index in [0.717, 1.165) is 51.4 Å². The summed E-state index contributed by atoms with van der Waals surface area (Å²) in [5, 5.41) is 11.7. The van der Waals surface area contributed by atoms with Gasteiger partial charge in [0.15, 0.2) is 0 Å². The molecule has 0 aliphatic carbocycles. The van der Waals surface area contributed by atoms with Gasteiger partial charge in [0.25, 0.3) is 0 Å². The molecule has 0 aromatic carbocycles. The van der Waals surface area contributed by atoms with Crippen molar-refractivity contribution in [2.75, 3.05) is 0 Å². The van der Waals surface area contributed by atoms with Crippen molar-refractivity contribution in [3.05, 3.63) is 16.7 Å². The average Bonchev–Trinajstić information content (AvgIpc) is 2.50. The van der Waals surface area contributed by atoms with E-state index < -0.39 is 5.97 Å². The van der Waals surface area contributed by atoms with Crippen molar-refractivity contribution in [2.24, 2.45) is 5.18 Å². The van der Waals surface area contributed by atoms with Crippen LogP contribution in [0.2, 0.25) is 0 Å². The maximum atomic E-state index is 10.8. The van der Waals surface area contributed by atoms with Gasteiger partial charge in [0.2, 0.25) is 0 Å². The number of rotatable bonds is 16. The van der Waals surface area contributed by atoms with Gasteiger partial charge >= 0.3 is 5.97 Å². The number of carboxylic acid groups (broad SMARTS) is 1. The minimum absolute atomic E-state index is 0.275. The van der Waals surface area contributed by atoms with Gasteiger partial charge in [0, 0.05) is 6.42 Å². The minimum Gasteiger partial charge on any atom is -0.481 e. The lowest BCUT2D eigenvalue weighted by Gasteiger charge is -2.01. The lowest BCUT2D eigenvalue weighted by molar-refractivity contribution is -0.137. The van der Waals surface area contributed by atoms with E-state index in [1.165, 1.54) is 32.1 Å². The van der Waals surface area contributed by atoms with Crippen molar-refractivity contribution < 1.29 is 9.90 Å². The molecular formula is C18H33NO3. The molecule has 0 fully saturated rings. The van der Waals surface area contributed by atoms with Crippen LogP contribution in [0, 0.1) is 4.91 Å². The molecule has 128 valence electrons. The van der Waals surface area contributed by atoms with E-state index in [1.807, 2.05) is 6.08 Å². The fourth-order valence-corrected chi connectivity index (χ4v) is 2.49. The molecule has 0 rings (SSSR count). The third-order valence-electron chi connectivity index (χ3n) is 3.88. The van der Waals surface area contributed by atoms with Crippen LogP contribution in [-0.4, -0.2) is 11.1 Å². The van der Waals surface area contributed by atoms with Gasteiger partial charge in [0.1, 0.15) is 0 Å².